The molecule has 2 aromatic heterocycles. The number of carbonyl (C=O) groups excluding carboxylic acids is 1. The van der Waals surface area contributed by atoms with Gasteiger partial charge in [0.1, 0.15) is 12.4 Å². The summed E-state index contributed by atoms with van der Waals surface area (Å²) in [7, 11) is 0. The average Bonchev–Trinajstić information content (AvgIpc) is 3.21. The highest BCUT2D eigenvalue weighted by atomic mass is 32.1. The van der Waals surface area contributed by atoms with Gasteiger partial charge in [-0.05, 0) is 24.3 Å². The van der Waals surface area contributed by atoms with Crippen LogP contribution in [0.3, 0.4) is 0 Å². The number of carbonyl (C=O) groups is 1. The minimum atomic E-state index is -0.411. The summed E-state index contributed by atoms with van der Waals surface area (Å²) in [6.07, 6.45) is 1.55. The van der Waals surface area contributed by atoms with E-state index in [1.165, 1.54) is 11.3 Å². The van der Waals surface area contributed by atoms with Crippen LogP contribution in [-0.4, -0.2) is 42.2 Å². The highest BCUT2D eigenvalue weighted by molar-refractivity contribution is 7.13. The Balaban J connectivity index is 1.30. The molecule has 144 valence electrons. The van der Waals surface area contributed by atoms with E-state index in [9.17, 15) is 4.79 Å². The number of rotatable bonds is 6. The van der Waals surface area contributed by atoms with Crippen LogP contribution in [0, 0.1) is 0 Å². The molecule has 3 heterocycles. The maximum Gasteiger partial charge on any atom is 0.340 e. The highest BCUT2D eigenvalue weighted by Crippen LogP contribution is 2.21. The number of hydrogen-bond donors (Lipinski definition) is 1. The van der Waals surface area contributed by atoms with Crippen LogP contribution in [0.1, 0.15) is 16.1 Å². The summed E-state index contributed by atoms with van der Waals surface area (Å²) in [6, 6.07) is 13.4. The molecule has 3 aromatic rings. The van der Waals surface area contributed by atoms with Gasteiger partial charge in [0.05, 0.1) is 24.5 Å². The Kier molecular flexibility index (Phi) is 5.79. The molecular weight excluding hydrogens is 376 g/mol. The van der Waals surface area contributed by atoms with E-state index in [4.69, 9.17) is 9.47 Å². The van der Waals surface area contributed by atoms with Crippen molar-refractivity contribution in [3.63, 3.8) is 0 Å². The molecule has 0 amide bonds. The molecule has 1 fully saturated rings. The highest BCUT2D eigenvalue weighted by Gasteiger charge is 2.14. The fraction of sp³-hybridized carbons (Fsp3) is 0.250. The number of esters is 1. The van der Waals surface area contributed by atoms with Gasteiger partial charge in [-0.1, -0.05) is 18.2 Å². The van der Waals surface area contributed by atoms with E-state index in [1.807, 2.05) is 41.8 Å². The molecule has 8 heteroatoms. The third kappa shape index (κ3) is 4.65. The molecule has 0 atom stereocenters. The number of anilines is 3. The van der Waals surface area contributed by atoms with Crippen molar-refractivity contribution in [3.8, 4) is 0 Å². The van der Waals surface area contributed by atoms with E-state index in [1.54, 1.807) is 12.3 Å². The number of ether oxygens (including phenoxy) is 2. The predicted octanol–water partition coefficient (Wildman–Crippen LogP) is 3.48. The second kappa shape index (κ2) is 8.81. The van der Waals surface area contributed by atoms with Crippen molar-refractivity contribution in [2.45, 2.75) is 6.61 Å². The van der Waals surface area contributed by atoms with Crippen LogP contribution in [0.4, 0.5) is 16.6 Å². The first-order valence-corrected chi connectivity index (χ1v) is 9.88. The fourth-order valence-electron chi connectivity index (χ4n) is 2.78. The molecule has 28 heavy (non-hydrogen) atoms. The summed E-state index contributed by atoms with van der Waals surface area (Å²) < 4.78 is 10.7. The van der Waals surface area contributed by atoms with Crippen molar-refractivity contribution in [2.24, 2.45) is 0 Å². The van der Waals surface area contributed by atoms with Gasteiger partial charge in [0.25, 0.3) is 0 Å². The average molecular weight is 396 g/mol. The standard InChI is InChI=1S/C20H20N4O3S/c25-19(15-6-7-18(21-12-15)24-8-10-26-11-9-24)27-13-17-14-28-20(23-17)22-16-4-2-1-3-5-16/h1-7,12,14H,8-11,13H2,(H,22,23). The topological polar surface area (TPSA) is 76.6 Å². The molecule has 0 radical (unpaired) electrons. The van der Waals surface area contributed by atoms with Crippen molar-refractivity contribution in [1.29, 1.82) is 0 Å². The monoisotopic (exact) mass is 396 g/mol. The minimum Gasteiger partial charge on any atom is -0.456 e. The number of aromatic nitrogens is 2. The van der Waals surface area contributed by atoms with E-state index in [0.717, 1.165) is 29.7 Å². The van der Waals surface area contributed by atoms with Crippen LogP contribution in [0.25, 0.3) is 0 Å². The van der Waals surface area contributed by atoms with Gasteiger partial charge in [0, 0.05) is 30.4 Å². The number of nitrogens with one attached hydrogen (secondary N) is 1. The normalized spacial score (nSPS) is 13.9. The Labute approximate surface area is 167 Å². The van der Waals surface area contributed by atoms with Crippen molar-refractivity contribution in [3.05, 3.63) is 65.3 Å². The van der Waals surface area contributed by atoms with E-state index >= 15 is 0 Å². The molecule has 1 aliphatic heterocycles. The van der Waals surface area contributed by atoms with E-state index in [-0.39, 0.29) is 6.61 Å². The lowest BCUT2D eigenvalue weighted by Crippen LogP contribution is -2.36. The molecule has 1 aromatic carbocycles. The SMILES string of the molecule is O=C(OCc1csc(Nc2ccccc2)n1)c1ccc(N2CCOCC2)nc1. The predicted molar refractivity (Wildman–Crippen MR) is 108 cm³/mol. The number of thiazole rings is 1. The second-order valence-electron chi connectivity index (χ2n) is 6.22. The first kappa shape index (κ1) is 18.4. The van der Waals surface area contributed by atoms with Gasteiger partial charge in [-0.25, -0.2) is 14.8 Å². The van der Waals surface area contributed by atoms with Crippen LogP contribution in [0.15, 0.2) is 54.0 Å². The Hall–Kier alpha value is -2.97. The summed E-state index contributed by atoms with van der Waals surface area (Å²) in [5, 5.41) is 5.86. The number of pyridine rings is 1. The summed E-state index contributed by atoms with van der Waals surface area (Å²) >= 11 is 1.47. The molecule has 1 aliphatic rings. The second-order valence-corrected chi connectivity index (χ2v) is 7.07. The van der Waals surface area contributed by atoms with E-state index < -0.39 is 5.97 Å². The van der Waals surface area contributed by atoms with Gasteiger partial charge in [-0.15, -0.1) is 11.3 Å². The summed E-state index contributed by atoms with van der Waals surface area (Å²) in [6.45, 7) is 3.12. The Morgan fingerprint density at radius 2 is 2.00 bits per heavy atom. The summed E-state index contributed by atoms with van der Waals surface area (Å²) in [4.78, 5) is 23.2. The van der Waals surface area contributed by atoms with E-state index in [0.29, 0.717) is 24.5 Å². The zero-order valence-electron chi connectivity index (χ0n) is 15.2. The molecule has 0 aliphatic carbocycles. The Morgan fingerprint density at radius 3 is 2.75 bits per heavy atom. The van der Waals surface area contributed by atoms with Crippen LogP contribution in [-0.2, 0) is 16.1 Å². The van der Waals surface area contributed by atoms with Crippen molar-refractivity contribution in [2.75, 3.05) is 36.5 Å². The van der Waals surface area contributed by atoms with Crippen LogP contribution in [0.2, 0.25) is 0 Å². The smallest absolute Gasteiger partial charge is 0.340 e. The zero-order valence-corrected chi connectivity index (χ0v) is 16.0. The third-order valence-electron chi connectivity index (χ3n) is 4.25. The van der Waals surface area contributed by atoms with Gasteiger partial charge in [0.2, 0.25) is 0 Å². The molecule has 7 nitrogen and oxygen atoms in total. The molecule has 0 unspecified atom stereocenters. The van der Waals surface area contributed by atoms with Crippen LogP contribution in [0.5, 0.6) is 0 Å². The Bertz CT molecular complexity index is 909. The lowest BCUT2D eigenvalue weighted by atomic mass is 10.2. The van der Waals surface area contributed by atoms with Crippen molar-refractivity contribution >= 4 is 33.9 Å². The first-order valence-electron chi connectivity index (χ1n) is 9.00. The summed E-state index contributed by atoms with van der Waals surface area (Å²) in [5.74, 6) is 0.433. The molecule has 0 bridgehead atoms. The molecular formula is C20H20N4O3S. The van der Waals surface area contributed by atoms with Gasteiger partial charge in [-0.3, -0.25) is 0 Å². The summed E-state index contributed by atoms with van der Waals surface area (Å²) in [5.41, 5.74) is 2.09. The maximum absolute atomic E-state index is 12.3. The zero-order chi connectivity index (χ0) is 19.2. The maximum atomic E-state index is 12.3. The van der Waals surface area contributed by atoms with Crippen LogP contribution >= 0.6 is 11.3 Å². The molecule has 0 spiro atoms. The number of para-hydroxylation sites is 1. The lowest BCUT2D eigenvalue weighted by Gasteiger charge is -2.27. The van der Waals surface area contributed by atoms with Crippen LogP contribution < -0.4 is 10.2 Å². The van der Waals surface area contributed by atoms with Gasteiger partial charge in [-0.2, -0.15) is 0 Å². The molecule has 0 saturated carbocycles. The van der Waals surface area contributed by atoms with Crippen molar-refractivity contribution < 1.29 is 14.3 Å². The van der Waals surface area contributed by atoms with E-state index in [2.05, 4.69) is 20.2 Å². The Morgan fingerprint density at radius 1 is 1.18 bits per heavy atom. The number of nitrogens with zero attached hydrogens (tertiary/aromatic N) is 3. The van der Waals surface area contributed by atoms with Gasteiger partial charge >= 0.3 is 5.97 Å². The largest absolute Gasteiger partial charge is 0.456 e. The van der Waals surface area contributed by atoms with Crippen molar-refractivity contribution in [1.82, 2.24) is 9.97 Å². The first-order chi connectivity index (χ1) is 13.8. The van der Waals surface area contributed by atoms with Gasteiger partial charge < -0.3 is 19.7 Å². The molecule has 4 rings (SSSR count). The number of hydrogen-bond acceptors (Lipinski definition) is 8. The quantitative estimate of drug-likeness (QED) is 0.639. The molecule has 1 saturated heterocycles. The van der Waals surface area contributed by atoms with Gasteiger partial charge in [0.15, 0.2) is 5.13 Å². The third-order valence-corrected chi connectivity index (χ3v) is 5.05. The number of morpholine rings is 1. The fourth-order valence-corrected chi connectivity index (χ4v) is 3.50. The number of benzene rings is 1. The minimum absolute atomic E-state index is 0.122. The molecule has 1 N–H and O–H groups in total. The lowest BCUT2D eigenvalue weighted by molar-refractivity contribution is 0.0468.